The minimum Gasteiger partial charge on any atom is -0.497 e. The zero-order valence-electron chi connectivity index (χ0n) is 15.6. The van der Waals surface area contributed by atoms with Gasteiger partial charge < -0.3 is 4.74 Å². The van der Waals surface area contributed by atoms with Crippen LogP contribution in [0.3, 0.4) is 0 Å². The van der Waals surface area contributed by atoms with Crippen LogP contribution < -0.4 is 10.1 Å². The number of methoxy groups -OCH3 is 1. The molecule has 2 atom stereocenters. The first-order chi connectivity index (χ1) is 12.8. The molecule has 0 bridgehead atoms. The maximum atomic E-state index is 13.6. The van der Waals surface area contributed by atoms with E-state index < -0.39 is 18.3 Å². The standard InChI is InChI=1S/C21H24F3NO2/c1-4-5-19(14(2)26)25-20(21(22,23)24)17-8-6-15(7-9-17)16-10-12-18(27-3)13-11-16/h6-13,19-20,25H,4-5H2,1-3H3/t19?,20-/m0/s1. The lowest BCUT2D eigenvalue weighted by Gasteiger charge is -2.26. The molecule has 0 saturated carbocycles. The first-order valence-corrected chi connectivity index (χ1v) is 8.83. The Hall–Kier alpha value is -2.34. The van der Waals surface area contributed by atoms with Crippen LogP contribution in [0.2, 0.25) is 0 Å². The maximum Gasteiger partial charge on any atom is 0.407 e. The van der Waals surface area contributed by atoms with Crippen molar-refractivity contribution >= 4 is 5.78 Å². The number of rotatable bonds is 8. The molecule has 0 aromatic heterocycles. The Kier molecular flexibility index (Phi) is 7.02. The third-order valence-electron chi connectivity index (χ3n) is 4.43. The summed E-state index contributed by atoms with van der Waals surface area (Å²) in [5.41, 5.74) is 1.77. The van der Waals surface area contributed by atoms with Gasteiger partial charge >= 0.3 is 6.18 Å². The van der Waals surface area contributed by atoms with E-state index in [1.807, 2.05) is 19.1 Å². The lowest BCUT2D eigenvalue weighted by atomic mass is 9.98. The summed E-state index contributed by atoms with van der Waals surface area (Å²) in [6, 6.07) is 10.8. The second kappa shape index (κ2) is 9.04. The molecule has 0 radical (unpaired) electrons. The fourth-order valence-electron chi connectivity index (χ4n) is 2.92. The Morgan fingerprint density at radius 1 is 1.04 bits per heavy atom. The summed E-state index contributed by atoms with van der Waals surface area (Å²) in [6.45, 7) is 3.15. The van der Waals surface area contributed by atoms with Crippen molar-refractivity contribution in [2.45, 2.75) is 44.9 Å². The molecule has 0 fully saturated rings. The highest BCUT2D eigenvalue weighted by atomic mass is 19.4. The molecule has 0 saturated heterocycles. The first kappa shape index (κ1) is 21.0. The highest BCUT2D eigenvalue weighted by Gasteiger charge is 2.42. The molecule has 2 aromatic carbocycles. The van der Waals surface area contributed by atoms with Crippen molar-refractivity contribution in [2.24, 2.45) is 0 Å². The fourth-order valence-corrected chi connectivity index (χ4v) is 2.92. The number of benzene rings is 2. The van der Waals surface area contributed by atoms with Crippen LogP contribution >= 0.6 is 0 Å². The molecule has 0 spiro atoms. The van der Waals surface area contributed by atoms with Gasteiger partial charge in [0.05, 0.1) is 13.2 Å². The molecule has 146 valence electrons. The van der Waals surface area contributed by atoms with Gasteiger partial charge in [-0.05, 0) is 42.2 Å². The number of hydrogen-bond acceptors (Lipinski definition) is 3. The molecule has 0 aliphatic rings. The van der Waals surface area contributed by atoms with E-state index >= 15 is 0 Å². The van der Waals surface area contributed by atoms with Crippen LogP contribution in [0, 0.1) is 0 Å². The van der Waals surface area contributed by atoms with Crippen LogP contribution in [-0.2, 0) is 4.79 Å². The lowest BCUT2D eigenvalue weighted by molar-refractivity contribution is -0.160. The third-order valence-corrected chi connectivity index (χ3v) is 4.43. The van der Waals surface area contributed by atoms with Gasteiger partial charge in [0.15, 0.2) is 0 Å². The number of carbonyl (C=O) groups is 1. The van der Waals surface area contributed by atoms with Gasteiger partial charge in [-0.1, -0.05) is 49.7 Å². The van der Waals surface area contributed by atoms with Gasteiger partial charge in [0.2, 0.25) is 0 Å². The predicted octanol–water partition coefficient (Wildman–Crippen LogP) is 5.31. The highest BCUT2D eigenvalue weighted by molar-refractivity contribution is 5.81. The van der Waals surface area contributed by atoms with Crippen molar-refractivity contribution in [3.05, 3.63) is 54.1 Å². The number of Topliss-reactive ketones (excluding diaryl/α,β-unsaturated/α-hetero) is 1. The smallest absolute Gasteiger partial charge is 0.407 e. The van der Waals surface area contributed by atoms with Gasteiger partial charge in [-0.3, -0.25) is 10.1 Å². The maximum absolute atomic E-state index is 13.6. The van der Waals surface area contributed by atoms with Crippen LogP contribution in [0.25, 0.3) is 11.1 Å². The predicted molar refractivity (Wildman–Crippen MR) is 99.7 cm³/mol. The highest BCUT2D eigenvalue weighted by Crippen LogP contribution is 2.34. The molecule has 2 aromatic rings. The average molecular weight is 379 g/mol. The van der Waals surface area contributed by atoms with Crippen molar-refractivity contribution in [3.63, 3.8) is 0 Å². The topological polar surface area (TPSA) is 38.3 Å². The first-order valence-electron chi connectivity index (χ1n) is 8.83. The zero-order valence-corrected chi connectivity index (χ0v) is 15.6. The number of halogens is 3. The Bertz CT molecular complexity index is 740. The van der Waals surface area contributed by atoms with E-state index in [9.17, 15) is 18.0 Å². The summed E-state index contributed by atoms with van der Waals surface area (Å²) >= 11 is 0. The summed E-state index contributed by atoms with van der Waals surface area (Å²) < 4.78 is 45.9. The molecule has 27 heavy (non-hydrogen) atoms. The van der Waals surface area contributed by atoms with Crippen molar-refractivity contribution in [2.75, 3.05) is 7.11 Å². The Morgan fingerprint density at radius 3 is 1.96 bits per heavy atom. The van der Waals surface area contributed by atoms with E-state index in [4.69, 9.17) is 4.74 Å². The van der Waals surface area contributed by atoms with Gasteiger partial charge in [-0.25, -0.2) is 0 Å². The van der Waals surface area contributed by atoms with Gasteiger partial charge in [0.25, 0.3) is 0 Å². The molecule has 1 N–H and O–H groups in total. The quantitative estimate of drug-likeness (QED) is 0.675. The third kappa shape index (κ3) is 5.57. The second-order valence-electron chi connectivity index (χ2n) is 6.44. The van der Waals surface area contributed by atoms with Crippen LogP contribution in [0.1, 0.15) is 38.3 Å². The number of ketones is 1. The number of alkyl halides is 3. The molecule has 2 rings (SSSR count). The summed E-state index contributed by atoms with van der Waals surface area (Å²) in [7, 11) is 1.57. The van der Waals surface area contributed by atoms with E-state index in [1.165, 1.54) is 19.1 Å². The second-order valence-corrected chi connectivity index (χ2v) is 6.44. The van der Waals surface area contributed by atoms with Crippen LogP contribution in [0.4, 0.5) is 13.2 Å². The number of hydrogen-bond donors (Lipinski definition) is 1. The van der Waals surface area contributed by atoms with E-state index in [0.717, 1.165) is 11.1 Å². The molecule has 0 amide bonds. The molecule has 3 nitrogen and oxygen atoms in total. The largest absolute Gasteiger partial charge is 0.497 e. The monoisotopic (exact) mass is 379 g/mol. The fraction of sp³-hybridized carbons (Fsp3) is 0.381. The molecule has 0 aliphatic carbocycles. The summed E-state index contributed by atoms with van der Waals surface area (Å²) in [5, 5.41) is 2.49. The van der Waals surface area contributed by atoms with Crippen molar-refractivity contribution in [3.8, 4) is 16.9 Å². The summed E-state index contributed by atoms with van der Waals surface area (Å²) in [5.74, 6) is 0.420. The molecule has 1 unspecified atom stereocenters. The summed E-state index contributed by atoms with van der Waals surface area (Å²) in [6.07, 6.45) is -3.51. The van der Waals surface area contributed by atoms with E-state index in [2.05, 4.69) is 5.32 Å². The number of nitrogens with one attached hydrogen (secondary N) is 1. The van der Waals surface area contributed by atoms with E-state index in [-0.39, 0.29) is 11.3 Å². The molecular weight excluding hydrogens is 355 g/mol. The van der Waals surface area contributed by atoms with E-state index in [1.54, 1.807) is 31.4 Å². The van der Waals surface area contributed by atoms with Gasteiger partial charge in [-0.2, -0.15) is 13.2 Å². The van der Waals surface area contributed by atoms with Crippen molar-refractivity contribution in [1.29, 1.82) is 0 Å². The van der Waals surface area contributed by atoms with Crippen LogP contribution in [-0.4, -0.2) is 25.1 Å². The average Bonchev–Trinajstić information content (AvgIpc) is 2.64. The van der Waals surface area contributed by atoms with E-state index in [0.29, 0.717) is 18.6 Å². The lowest BCUT2D eigenvalue weighted by Crippen LogP contribution is -2.43. The minimum absolute atomic E-state index is 0.0853. The number of ether oxygens (including phenoxy) is 1. The number of carbonyl (C=O) groups excluding carboxylic acids is 1. The molecular formula is C21H24F3NO2. The Morgan fingerprint density at radius 2 is 1.56 bits per heavy atom. The Balaban J connectivity index is 2.27. The van der Waals surface area contributed by atoms with Crippen molar-refractivity contribution in [1.82, 2.24) is 5.32 Å². The minimum atomic E-state index is -4.50. The van der Waals surface area contributed by atoms with Crippen LogP contribution in [0.15, 0.2) is 48.5 Å². The van der Waals surface area contributed by atoms with Gasteiger partial charge in [0, 0.05) is 0 Å². The molecule has 6 heteroatoms. The molecule has 0 aliphatic heterocycles. The zero-order chi connectivity index (χ0) is 20.0. The van der Waals surface area contributed by atoms with Crippen LogP contribution in [0.5, 0.6) is 5.75 Å². The van der Waals surface area contributed by atoms with Crippen molar-refractivity contribution < 1.29 is 22.7 Å². The SMILES string of the molecule is CCCC(N[C@@H](c1ccc(-c2ccc(OC)cc2)cc1)C(F)(F)F)C(C)=O. The van der Waals surface area contributed by atoms with Gasteiger partial charge in [0.1, 0.15) is 17.6 Å². The summed E-state index contributed by atoms with van der Waals surface area (Å²) in [4.78, 5) is 11.7. The Labute approximate surface area is 157 Å². The normalized spacial score (nSPS) is 13.9. The van der Waals surface area contributed by atoms with Gasteiger partial charge in [-0.15, -0.1) is 0 Å². The molecule has 0 heterocycles.